The molecule has 1 saturated heterocycles. The van der Waals surface area contributed by atoms with E-state index in [1.54, 1.807) is 6.07 Å². The van der Waals surface area contributed by atoms with Gasteiger partial charge in [0.1, 0.15) is 5.58 Å². The number of rotatable bonds is 5. The zero-order valence-corrected chi connectivity index (χ0v) is 16.6. The van der Waals surface area contributed by atoms with Gasteiger partial charge in [-0.3, -0.25) is 9.69 Å². The van der Waals surface area contributed by atoms with Crippen molar-refractivity contribution >= 4 is 22.6 Å². The summed E-state index contributed by atoms with van der Waals surface area (Å²) in [6.45, 7) is 6.71. The Morgan fingerprint density at radius 1 is 1.03 bits per heavy atom. The Morgan fingerprint density at radius 3 is 2.62 bits per heavy atom. The van der Waals surface area contributed by atoms with E-state index in [0.29, 0.717) is 5.58 Å². The lowest BCUT2D eigenvalue weighted by Gasteiger charge is -2.34. The fourth-order valence-corrected chi connectivity index (χ4v) is 3.74. The normalized spacial score (nSPS) is 14.9. The van der Waals surface area contributed by atoms with Crippen molar-refractivity contribution in [2.75, 3.05) is 44.6 Å². The molecule has 0 bridgehead atoms. The van der Waals surface area contributed by atoms with Crippen LogP contribution in [0.2, 0.25) is 0 Å². The highest BCUT2D eigenvalue weighted by atomic mass is 16.4. The van der Waals surface area contributed by atoms with Crippen LogP contribution < -0.4 is 10.9 Å². The zero-order valence-electron chi connectivity index (χ0n) is 16.6. The first-order chi connectivity index (χ1) is 14.1. The largest absolute Gasteiger partial charge is 0.423 e. The molecule has 2 aromatic carbocycles. The maximum Gasteiger partial charge on any atom is 0.338 e. The number of carbonyl (C=O) groups is 1. The predicted molar refractivity (Wildman–Crippen MR) is 114 cm³/mol. The Kier molecular flexibility index (Phi) is 5.62. The molecule has 1 amide bonds. The molecule has 6 heteroatoms. The van der Waals surface area contributed by atoms with E-state index in [1.165, 1.54) is 6.07 Å². The number of anilines is 1. The number of piperazine rings is 1. The Hall–Kier alpha value is -3.12. The highest BCUT2D eigenvalue weighted by Crippen LogP contribution is 2.20. The molecular weight excluding hydrogens is 366 g/mol. The van der Waals surface area contributed by atoms with Crippen LogP contribution in [0.25, 0.3) is 11.0 Å². The molecule has 3 aromatic rings. The molecule has 0 unspecified atom stereocenters. The van der Waals surface area contributed by atoms with Gasteiger partial charge in [0.2, 0.25) is 0 Å². The molecule has 6 nitrogen and oxygen atoms in total. The van der Waals surface area contributed by atoms with Crippen LogP contribution in [0.5, 0.6) is 0 Å². The third-order valence-electron chi connectivity index (χ3n) is 5.32. The number of nitrogens with one attached hydrogen (secondary N) is 1. The second-order valence-electron chi connectivity index (χ2n) is 7.41. The minimum atomic E-state index is -0.352. The highest BCUT2D eigenvalue weighted by Gasteiger charge is 2.21. The molecule has 1 fully saturated rings. The Labute approximate surface area is 169 Å². The zero-order chi connectivity index (χ0) is 20.2. The number of hydrogen-bond acceptors (Lipinski definition) is 5. The molecule has 150 valence electrons. The van der Waals surface area contributed by atoms with E-state index in [-0.39, 0.29) is 11.5 Å². The van der Waals surface area contributed by atoms with Gasteiger partial charge in [-0.1, -0.05) is 29.8 Å². The molecule has 2 heterocycles. The molecule has 1 N–H and O–H groups in total. The summed E-state index contributed by atoms with van der Waals surface area (Å²) in [5.41, 5.74) is 2.89. The first kappa shape index (κ1) is 19.2. The molecule has 0 atom stereocenters. The summed E-state index contributed by atoms with van der Waals surface area (Å²) < 4.78 is 5.23. The van der Waals surface area contributed by atoms with E-state index >= 15 is 0 Å². The summed E-state index contributed by atoms with van der Waals surface area (Å²) in [4.78, 5) is 28.7. The predicted octanol–water partition coefficient (Wildman–Crippen LogP) is 2.97. The summed E-state index contributed by atoms with van der Waals surface area (Å²) in [5, 5.41) is 4.26. The second kappa shape index (κ2) is 8.49. The van der Waals surface area contributed by atoms with E-state index in [9.17, 15) is 9.59 Å². The number of amides is 1. The summed E-state index contributed by atoms with van der Waals surface area (Å²) in [5.74, 6) is 0.106. The average Bonchev–Trinajstić information content (AvgIpc) is 2.73. The smallest absolute Gasteiger partial charge is 0.338 e. The lowest BCUT2D eigenvalue weighted by Crippen LogP contribution is -2.49. The van der Waals surface area contributed by atoms with Crippen LogP contribution in [0, 0.1) is 6.92 Å². The SMILES string of the molecule is Cc1cccc(C(=O)N2CCN(CCNc3cc(=O)oc4ccccc34)CC2)c1. The third-order valence-corrected chi connectivity index (χ3v) is 5.32. The third kappa shape index (κ3) is 4.49. The van der Waals surface area contributed by atoms with Gasteiger partial charge in [0.25, 0.3) is 5.91 Å². The standard InChI is InChI=1S/C23H25N3O3/c1-17-5-4-6-18(15-17)23(28)26-13-11-25(12-14-26)10-9-24-20-16-22(27)29-21-8-3-2-7-19(20)21/h2-8,15-16,24H,9-14H2,1H3. The Bertz CT molecular complexity index is 1070. The average molecular weight is 391 g/mol. The van der Waals surface area contributed by atoms with Crippen molar-refractivity contribution in [3.8, 4) is 0 Å². The van der Waals surface area contributed by atoms with Gasteiger partial charge < -0.3 is 14.6 Å². The Balaban J connectivity index is 1.30. The van der Waals surface area contributed by atoms with Crippen molar-refractivity contribution in [1.82, 2.24) is 9.80 Å². The van der Waals surface area contributed by atoms with Crippen molar-refractivity contribution in [3.05, 3.63) is 76.1 Å². The van der Waals surface area contributed by atoms with Gasteiger partial charge in [-0.15, -0.1) is 0 Å². The van der Waals surface area contributed by atoms with Gasteiger partial charge in [0.05, 0.1) is 5.69 Å². The molecule has 0 aliphatic carbocycles. The highest BCUT2D eigenvalue weighted by molar-refractivity contribution is 5.94. The van der Waals surface area contributed by atoms with Gasteiger partial charge in [0.15, 0.2) is 0 Å². The van der Waals surface area contributed by atoms with Crippen molar-refractivity contribution in [2.45, 2.75) is 6.92 Å². The first-order valence-corrected chi connectivity index (χ1v) is 9.95. The molecule has 1 aliphatic heterocycles. The van der Waals surface area contributed by atoms with E-state index in [0.717, 1.165) is 61.5 Å². The number of nitrogens with zero attached hydrogens (tertiary/aromatic N) is 2. The number of carbonyl (C=O) groups excluding carboxylic acids is 1. The fraction of sp³-hybridized carbons (Fsp3) is 0.304. The molecule has 0 saturated carbocycles. The second-order valence-corrected chi connectivity index (χ2v) is 7.41. The van der Waals surface area contributed by atoms with E-state index in [4.69, 9.17) is 4.42 Å². The van der Waals surface area contributed by atoms with Gasteiger partial charge in [-0.05, 0) is 31.2 Å². The van der Waals surface area contributed by atoms with Crippen LogP contribution in [0.15, 0.2) is 63.8 Å². The minimum absolute atomic E-state index is 0.106. The maximum absolute atomic E-state index is 12.7. The van der Waals surface area contributed by atoms with Crippen molar-refractivity contribution in [3.63, 3.8) is 0 Å². The summed E-state index contributed by atoms with van der Waals surface area (Å²) in [6, 6.07) is 16.8. The number of hydrogen-bond donors (Lipinski definition) is 1. The van der Waals surface area contributed by atoms with Crippen molar-refractivity contribution in [2.24, 2.45) is 0 Å². The van der Waals surface area contributed by atoms with Gasteiger partial charge in [-0.2, -0.15) is 0 Å². The number of benzene rings is 2. The van der Waals surface area contributed by atoms with Gasteiger partial charge >= 0.3 is 5.63 Å². The van der Waals surface area contributed by atoms with Crippen LogP contribution in [0.1, 0.15) is 15.9 Å². The number of aryl methyl sites for hydroxylation is 1. The topological polar surface area (TPSA) is 65.8 Å². The van der Waals surface area contributed by atoms with Crippen LogP contribution in [-0.2, 0) is 0 Å². The van der Waals surface area contributed by atoms with Crippen LogP contribution in [0.3, 0.4) is 0 Å². The Morgan fingerprint density at radius 2 is 1.83 bits per heavy atom. The number of fused-ring (bicyclic) bond motifs is 1. The molecule has 1 aromatic heterocycles. The van der Waals surface area contributed by atoms with Crippen molar-refractivity contribution in [1.29, 1.82) is 0 Å². The monoisotopic (exact) mass is 391 g/mol. The molecule has 1 aliphatic rings. The summed E-state index contributed by atoms with van der Waals surface area (Å²) in [7, 11) is 0. The molecule has 4 rings (SSSR count). The lowest BCUT2D eigenvalue weighted by atomic mass is 10.1. The lowest BCUT2D eigenvalue weighted by molar-refractivity contribution is 0.0642. The number of para-hydroxylation sites is 1. The van der Waals surface area contributed by atoms with Crippen LogP contribution in [-0.4, -0.2) is 55.0 Å². The van der Waals surface area contributed by atoms with Gasteiger partial charge in [-0.25, -0.2) is 4.79 Å². The summed E-state index contributed by atoms with van der Waals surface area (Å²) in [6.07, 6.45) is 0. The molecular formula is C23H25N3O3. The molecule has 0 radical (unpaired) electrons. The van der Waals surface area contributed by atoms with E-state index < -0.39 is 0 Å². The maximum atomic E-state index is 12.7. The van der Waals surface area contributed by atoms with Crippen LogP contribution in [0.4, 0.5) is 5.69 Å². The minimum Gasteiger partial charge on any atom is -0.423 e. The van der Waals surface area contributed by atoms with Crippen LogP contribution >= 0.6 is 0 Å². The summed E-state index contributed by atoms with van der Waals surface area (Å²) >= 11 is 0. The van der Waals surface area contributed by atoms with Gasteiger partial charge in [0, 0.05) is 56.3 Å². The first-order valence-electron chi connectivity index (χ1n) is 9.95. The van der Waals surface area contributed by atoms with E-state index in [2.05, 4.69) is 10.2 Å². The molecule has 29 heavy (non-hydrogen) atoms. The molecule has 0 spiro atoms. The van der Waals surface area contributed by atoms with Crippen molar-refractivity contribution < 1.29 is 9.21 Å². The fourth-order valence-electron chi connectivity index (χ4n) is 3.74. The van der Waals surface area contributed by atoms with E-state index in [1.807, 2.05) is 54.3 Å². The quantitative estimate of drug-likeness (QED) is 0.678.